The van der Waals surface area contributed by atoms with E-state index in [4.69, 9.17) is 11.6 Å². The Bertz CT molecular complexity index is 1040. The molecule has 2 amide bonds. The monoisotopic (exact) mass is 394 g/mol. The summed E-state index contributed by atoms with van der Waals surface area (Å²) < 4.78 is 0. The molecule has 0 fully saturated rings. The van der Waals surface area contributed by atoms with Gasteiger partial charge < -0.3 is 16.0 Å². The van der Waals surface area contributed by atoms with E-state index in [1.807, 2.05) is 25.1 Å². The van der Waals surface area contributed by atoms with Crippen molar-refractivity contribution in [2.75, 3.05) is 16.0 Å². The van der Waals surface area contributed by atoms with Crippen molar-refractivity contribution >= 4 is 46.2 Å². The van der Waals surface area contributed by atoms with Crippen LogP contribution in [0.1, 0.15) is 22.8 Å². The Hall–Kier alpha value is -3.38. The van der Waals surface area contributed by atoms with Gasteiger partial charge in [-0.25, -0.2) is 0 Å². The molecule has 3 N–H and O–H groups in total. The fourth-order valence-electron chi connectivity index (χ4n) is 2.55. The smallest absolute Gasteiger partial charge is 0.257 e. The maximum atomic E-state index is 12.6. The van der Waals surface area contributed by atoms with Crippen molar-refractivity contribution in [3.05, 3.63) is 77.1 Å². The van der Waals surface area contributed by atoms with E-state index in [2.05, 4.69) is 20.9 Å². The van der Waals surface area contributed by atoms with Gasteiger partial charge in [0.05, 0.1) is 17.4 Å². The van der Waals surface area contributed by atoms with E-state index < -0.39 is 0 Å². The topological polar surface area (TPSA) is 83.1 Å². The minimum Gasteiger partial charge on any atom is -0.354 e. The number of nitrogens with zero attached hydrogens (tertiary/aromatic N) is 1. The normalized spacial score (nSPS) is 10.2. The number of rotatable bonds is 5. The van der Waals surface area contributed by atoms with Crippen molar-refractivity contribution < 1.29 is 9.59 Å². The number of aromatic nitrogens is 1. The highest BCUT2D eigenvalue weighted by Gasteiger charge is 2.09. The maximum absolute atomic E-state index is 12.6. The Morgan fingerprint density at radius 3 is 2.36 bits per heavy atom. The van der Waals surface area contributed by atoms with Gasteiger partial charge in [0.2, 0.25) is 5.91 Å². The van der Waals surface area contributed by atoms with Crippen molar-refractivity contribution in [1.82, 2.24) is 4.98 Å². The number of carbonyl (C=O) groups excluding carboxylic acids is 2. The molecule has 142 valence electrons. The maximum Gasteiger partial charge on any atom is 0.257 e. The molecule has 0 aliphatic heterocycles. The second kappa shape index (κ2) is 8.54. The number of pyridine rings is 1. The highest BCUT2D eigenvalue weighted by atomic mass is 35.5. The second-order valence-electron chi connectivity index (χ2n) is 6.27. The molecule has 6 nitrogen and oxygen atoms in total. The van der Waals surface area contributed by atoms with Gasteiger partial charge in [0.25, 0.3) is 5.91 Å². The van der Waals surface area contributed by atoms with Crippen LogP contribution in [-0.2, 0) is 4.79 Å². The van der Waals surface area contributed by atoms with Crippen molar-refractivity contribution in [2.24, 2.45) is 0 Å². The van der Waals surface area contributed by atoms with E-state index in [-0.39, 0.29) is 11.8 Å². The number of aryl methyl sites for hydroxylation is 1. The van der Waals surface area contributed by atoms with Gasteiger partial charge >= 0.3 is 0 Å². The van der Waals surface area contributed by atoms with E-state index in [9.17, 15) is 9.59 Å². The van der Waals surface area contributed by atoms with Crippen LogP contribution >= 0.6 is 11.6 Å². The van der Waals surface area contributed by atoms with E-state index in [1.54, 1.807) is 36.5 Å². The highest BCUT2D eigenvalue weighted by molar-refractivity contribution is 6.31. The lowest BCUT2D eigenvalue weighted by atomic mass is 10.2. The second-order valence-corrected chi connectivity index (χ2v) is 6.67. The molecule has 0 unspecified atom stereocenters. The van der Waals surface area contributed by atoms with Gasteiger partial charge in [0.1, 0.15) is 0 Å². The van der Waals surface area contributed by atoms with Crippen LogP contribution in [0, 0.1) is 6.92 Å². The molecule has 28 heavy (non-hydrogen) atoms. The molecule has 2 aromatic carbocycles. The zero-order valence-electron chi connectivity index (χ0n) is 15.4. The standard InChI is InChI=1S/C21H19ClN4O2/c1-13-6-7-18(10-20(13)22)25-19-8-15(11-23-12-19)21(28)26-17-5-3-4-16(9-17)24-14(2)27/h3-12,25H,1-2H3,(H,24,27)(H,26,28). The number of amides is 2. The zero-order valence-corrected chi connectivity index (χ0v) is 16.2. The fraction of sp³-hybridized carbons (Fsp3) is 0.0952. The van der Waals surface area contributed by atoms with Gasteiger partial charge in [-0.2, -0.15) is 0 Å². The number of benzene rings is 2. The van der Waals surface area contributed by atoms with Gasteiger partial charge in [-0.3, -0.25) is 14.6 Å². The first-order chi connectivity index (χ1) is 13.4. The number of hydrogen-bond donors (Lipinski definition) is 3. The van der Waals surface area contributed by atoms with Crippen LogP contribution < -0.4 is 16.0 Å². The number of anilines is 4. The molecule has 0 saturated carbocycles. The predicted octanol–water partition coefficient (Wildman–Crippen LogP) is 5.00. The van der Waals surface area contributed by atoms with E-state index in [0.717, 1.165) is 11.3 Å². The molecule has 3 rings (SSSR count). The summed E-state index contributed by atoms with van der Waals surface area (Å²) in [6, 6.07) is 14.3. The van der Waals surface area contributed by atoms with Gasteiger partial charge in [-0.1, -0.05) is 23.7 Å². The molecule has 0 aliphatic carbocycles. The van der Waals surface area contributed by atoms with Crippen LogP contribution in [0.15, 0.2) is 60.9 Å². The third-order valence-corrected chi connectivity index (χ3v) is 4.31. The first-order valence-electron chi connectivity index (χ1n) is 8.58. The molecule has 0 bridgehead atoms. The minimum absolute atomic E-state index is 0.178. The van der Waals surface area contributed by atoms with E-state index in [1.165, 1.54) is 13.1 Å². The Morgan fingerprint density at radius 1 is 0.893 bits per heavy atom. The fourth-order valence-corrected chi connectivity index (χ4v) is 2.73. The highest BCUT2D eigenvalue weighted by Crippen LogP contribution is 2.23. The first kappa shape index (κ1) is 19.4. The molecule has 1 aromatic heterocycles. The number of halogens is 1. The lowest BCUT2D eigenvalue weighted by Gasteiger charge is -2.10. The van der Waals surface area contributed by atoms with Crippen LogP contribution in [0.25, 0.3) is 0 Å². The number of hydrogen-bond acceptors (Lipinski definition) is 4. The molecular weight excluding hydrogens is 376 g/mol. The van der Waals surface area contributed by atoms with Crippen LogP contribution in [-0.4, -0.2) is 16.8 Å². The van der Waals surface area contributed by atoms with Crippen molar-refractivity contribution in [2.45, 2.75) is 13.8 Å². The molecule has 7 heteroatoms. The molecule has 1 heterocycles. The van der Waals surface area contributed by atoms with Crippen LogP contribution in [0.4, 0.5) is 22.7 Å². The van der Waals surface area contributed by atoms with Crippen LogP contribution in [0.2, 0.25) is 5.02 Å². The Balaban J connectivity index is 1.73. The van der Waals surface area contributed by atoms with Gasteiger partial charge in [-0.05, 0) is 48.9 Å². The third-order valence-electron chi connectivity index (χ3n) is 3.90. The minimum atomic E-state index is -0.307. The lowest BCUT2D eigenvalue weighted by molar-refractivity contribution is -0.114. The van der Waals surface area contributed by atoms with Crippen LogP contribution in [0.3, 0.4) is 0 Å². The van der Waals surface area contributed by atoms with E-state index >= 15 is 0 Å². The summed E-state index contributed by atoms with van der Waals surface area (Å²) in [4.78, 5) is 27.9. The van der Waals surface area contributed by atoms with Crippen molar-refractivity contribution in [3.8, 4) is 0 Å². The molecule has 0 atom stereocenters. The van der Waals surface area contributed by atoms with E-state index in [0.29, 0.717) is 27.6 Å². The number of carbonyl (C=O) groups is 2. The molecule has 0 saturated heterocycles. The van der Waals surface area contributed by atoms with Crippen molar-refractivity contribution in [1.29, 1.82) is 0 Å². The zero-order chi connectivity index (χ0) is 20.1. The quantitative estimate of drug-likeness (QED) is 0.568. The molecular formula is C21H19ClN4O2. The largest absolute Gasteiger partial charge is 0.354 e. The Labute approximate surface area is 168 Å². The lowest BCUT2D eigenvalue weighted by Crippen LogP contribution is -2.13. The Morgan fingerprint density at radius 2 is 1.64 bits per heavy atom. The molecule has 3 aromatic rings. The average Bonchev–Trinajstić information content (AvgIpc) is 2.65. The van der Waals surface area contributed by atoms with Crippen molar-refractivity contribution in [3.63, 3.8) is 0 Å². The molecule has 0 spiro atoms. The molecule has 0 aliphatic rings. The summed E-state index contributed by atoms with van der Waals surface area (Å²) in [6.45, 7) is 3.36. The predicted molar refractivity (Wildman–Crippen MR) is 112 cm³/mol. The van der Waals surface area contributed by atoms with Crippen LogP contribution in [0.5, 0.6) is 0 Å². The average molecular weight is 395 g/mol. The Kier molecular flexibility index (Phi) is 5.91. The SMILES string of the molecule is CC(=O)Nc1cccc(NC(=O)c2cncc(Nc3ccc(C)c(Cl)c3)c2)c1. The summed E-state index contributed by atoms with van der Waals surface area (Å²) in [6.07, 6.45) is 3.11. The summed E-state index contributed by atoms with van der Waals surface area (Å²) in [5.74, 6) is -0.485. The first-order valence-corrected chi connectivity index (χ1v) is 8.96. The molecule has 0 radical (unpaired) electrons. The summed E-state index contributed by atoms with van der Waals surface area (Å²) in [5, 5.41) is 9.33. The number of nitrogens with one attached hydrogen (secondary N) is 3. The van der Waals surface area contributed by atoms with Gasteiger partial charge in [0.15, 0.2) is 0 Å². The van der Waals surface area contributed by atoms with Gasteiger partial charge in [0, 0.05) is 35.2 Å². The summed E-state index contributed by atoms with van der Waals surface area (Å²) in [5.41, 5.74) is 4.03. The third kappa shape index (κ3) is 5.08. The summed E-state index contributed by atoms with van der Waals surface area (Å²) >= 11 is 6.15. The van der Waals surface area contributed by atoms with Gasteiger partial charge in [-0.15, -0.1) is 0 Å². The summed E-state index contributed by atoms with van der Waals surface area (Å²) in [7, 11) is 0.